The van der Waals surface area contributed by atoms with Gasteiger partial charge in [0.1, 0.15) is 6.04 Å². The van der Waals surface area contributed by atoms with Crippen LogP contribution in [0, 0.1) is 0 Å². The Morgan fingerprint density at radius 1 is 1.39 bits per heavy atom. The Morgan fingerprint density at radius 2 is 2.06 bits per heavy atom. The van der Waals surface area contributed by atoms with E-state index in [-0.39, 0.29) is 6.61 Å². The van der Waals surface area contributed by atoms with Crippen LogP contribution in [0.3, 0.4) is 0 Å². The van der Waals surface area contributed by atoms with E-state index in [2.05, 4.69) is 0 Å². The van der Waals surface area contributed by atoms with Crippen molar-refractivity contribution in [2.24, 2.45) is 0 Å². The molecule has 0 saturated carbocycles. The van der Waals surface area contributed by atoms with Gasteiger partial charge in [0.2, 0.25) is 5.91 Å². The summed E-state index contributed by atoms with van der Waals surface area (Å²) in [6.07, 6.45) is -5.05. The van der Waals surface area contributed by atoms with Crippen LogP contribution >= 0.6 is 0 Å². The number of carbonyl (C=O) groups excluding carboxylic acids is 2. The molecule has 1 rings (SSSR count). The monoisotopic (exact) mass is 267 g/mol. The molecule has 1 unspecified atom stereocenters. The van der Waals surface area contributed by atoms with Crippen LogP contribution in [0.25, 0.3) is 0 Å². The molecule has 4 nitrogen and oxygen atoms in total. The van der Waals surface area contributed by atoms with Crippen molar-refractivity contribution < 1.29 is 27.5 Å². The average molecular weight is 267 g/mol. The van der Waals surface area contributed by atoms with Crippen LogP contribution in [-0.4, -0.2) is 42.1 Å². The Hall–Kier alpha value is -1.27. The molecule has 1 atom stereocenters. The average Bonchev–Trinajstić information content (AvgIpc) is 2.74. The topological polar surface area (TPSA) is 46.6 Å². The molecule has 1 fully saturated rings. The molecule has 18 heavy (non-hydrogen) atoms. The Morgan fingerprint density at radius 3 is 2.61 bits per heavy atom. The zero-order valence-electron chi connectivity index (χ0n) is 10.1. The standard InChI is InChI=1S/C11H16F3NO3/c1-2-18-10(17)8-4-3-7-15(8)9(16)5-6-11(12,13)14/h8H,2-7H2,1H3. The van der Waals surface area contributed by atoms with Crippen molar-refractivity contribution in [1.29, 1.82) is 0 Å². The molecule has 7 heteroatoms. The van der Waals surface area contributed by atoms with E-state index in [9.17, 15) is 22.8 Å². The van der Waals surface area contributed by atoms with E-state index in [1.54, 1.807) is 6.92 Å². The minimum atomic E-state index is -4.35. The van der Waals surface area contributed by atoms with Crippen molar-refractivity contribution in [1.82, 2.24) is 4.90 Å². The summed E-state index contributed by atoms with van der Waals surface area (Å²) in [5, 5.41) is 0. The van der Waals surface area contributed by atoms with Gasteiger partial charge in [-0.15, -0.1) is 0 Å². The summed E-state index contributed by atoms with van der Waals surface area (Å²) in [6.45, 7) is 2.16. The smallest absolute Gasteiger partial charge is 0.389 e. The molecule has 1 aliphatic rings. The van der Waals surface area contributed by atoms with E-state index in [1.807, 2.05) is 0 Å². The van der Waals surface area contributed by atoms with Gasteiger partial charge in [0.25, 0.3) is 0 Å². The van der Waals surface area contributed by atoms with E-state index in [0.29, 0.717) is 19.4 Å². The third-order valence-electron chi connectivity index (χ3n) is 2.75. The quantitative estimate of drug-likeness (QED) is 0.731. The van der Waals surface area contributed by atoms with Crippen LogP contribution in [0.2, 0.25) is 0 Å². The first-order chi connectivity index (χ1) is 8.35. The van der Waals surface area contributed by atoms with E-state index in [1.165, 1.54) is 4.90 Å². The molecule has 0 aromatic heterocycles. The first-order valence-electron chi connectivity index (χ1n) is 5.88. The molecule has 0 aromatic rings. The second kappa shape index (κ2) is 6.06. The summed E-state index contributed by atoms with van der Waals surface area (Å²) in [5.74, 6) is -1.17. The maximum Gasteiger partial charge on any atom is 0.389 e. The minimum absolute atomic E-state index is 0.194. The lowest BCUT2D eigenvalue weighted by Gasteiger charge is -2.23. The van der Waals surface area contributed by atoms with Crippen molar-refractivity contribution in [3.63, 3.8) is 0 Å². The molecule has 1 heterocycles. The van der Waals surface area contributed by atoms with Crippen LogP contribution in [0.4, 0.5) is 13.2 Å². The molecular weight excluding hydrogens is 251 g/mol. The lowest BCUT2D eigenvalue weighted by molar-refractivity contribution is -0.156. The van der Waals surface area contributed by atoms with Crippen LogP contribution in [-0.2, 0) is 14.3 Å². The minimum Gasteiger partial charge on any atom is -0.464 e. The Balaban J connectivity index is 2.53. The normalized spacial score (nSPS) is 20.0. The van der Waals surface area contributed by atoms with Gasteiger partial charge in [0, 0.05) is 13.0 Å². The number of likely N-dealkylation sites (tertiary alicyclic amines) is 1. The number of rotatable bonds is 4. The predicted octanol–water partition coefficient (Wildman–Crippen LogP) is 1.88. The summed E-state index contributed by atoms with van der Waals surface area (Å²) in [4.78, 5) is 24.4. The molecule has 1 aliphatic heterocycles. The van der Waals surface area contributed by atoms with Crippen molar-refractivity contribution >= 4 is 11.9 Å². The Bertz CT molecular complexity index is 317. The fourth-order valence-electron chi connectivity index (χ4n) is 1.94. The van der Waals surface area contributed by atoms with Gasteiger partial charge in [-0.05, 0) is 19.8 Å². The van der Waals surface area contributed by atoms with Crippen molar-refractivity contribution in [3.8, 4) is 0 Å². The number of amides is 1. The fraction of sp³-hybridized carbons (Fsp3) is 0.818. The molecule has 1 amide bonds. The van der Waals surface area contributed by atoms with Crippen molar-refractivity contribution in [3.05, 3.63) is 0 Å². The third kappa shape index (κ3) is 4.19. The van der Waals surface area contributed by atoms with Gasteiger partial charge in [-0.1, -0.05) is 0 Å². The summed E-state index contributed by atoms with van der Waals surface area (Å²) in [7, 11) is 0. The summed E-state index contributed by atoms with van der Waals surface area (Å²) < 4.78 is 40.8. The second-order valence-corrected chi connectivity index (χ2v) is 4.11. The number of ether oxygens (including phenoxy) is 1. The second-order valence-electron chi connectivity index (χ2n) is 4.11. The van der Waals surface area contributed by atoms with Gasteiger partial charge in [0.15, 0.2) is 0 Å². The molecule has 1 saturated heterocycles. The molecular formula is C11H16F3NO3. The highest BCUT2D eigenvalue weighted by atomic mass is 19.4. The number of hydrogen-bond acceptors (Lipinski definition) is 3. The summed E-state index contributed by atoms with van der Waals surface area (Å²) >= 11 is 0. The van der Waals surface area contributed by atoms with Crippen LogP contribution in [0.5, 0.6) is 0 Å². The van der Waals surface area contributed by atoms with Gasteiger partial charge in [-0.3, -0.25) is 4.79 Å². The van der Waals surface area contributed by atoms with Crippen LogP contribution < -0.4 is 0 Å². The number of halogens is 3. The molecule has 0 aliphatic carbocycles. The molecule has 104 valence electrons. The molecule has 0 spiro atoms. The third-order valence-corrected chi connectivity index (χ3v) is 2.75. The number of hydrogen-bond donors (Lipinski definition) is 0. The highest BCUT2D eigenvalue weighted by Gasteiger charge is 2.36. The number of carbonyl (C=O) groups is 2. The summed E-state index contributed by atoms with van der Waals surface area (Å²) in [6, 6.07) is -0.717. The zero-order chi connectivity index (χ0) is 13.8. The van der Waals surface area contributed by atoms with E-state index < -0.39 is 36.9 Å². The predicted molar refractivity (Wildman–Crippen MR) is 56.7 cm³/mol. The fourth-order valence-corrected chi connectivity index (χ4v) is 1.94. The van der Waals surface area contributed by atoms with E-state index in [0.717, 1.165) is 0 Å². The lowest BCUT2D eigenvalue weighted by atomic mass is 10.2. The molecule has 0 radical (unpaired) electrons. The first kappa shape index (κ1) is 14.8. The lowest BCUT2D eigenvalue weighted by Crippen LogP contribution is -2.41. The van der Waals surface area contributed by atoms with E-state index in [4.69, 9.17) is 4.74 Å². The maximum absolute atomic E-state index is 12.0. The van der Waals surface area contributed by atoms with Gasteiger partial charge < -0.3 is 9.64 Å². The molecule has 0 aromatic carbocycles. The maximum atomic E-state index is 12.0. The van der Waals surface area contributed by atoms with Crippen molar-refractivity contribution in [2.75, 3.05) is 13.2 Å². The SMILES string of the molecule is CCOC(=O)C1CCCN1C(=O)CCC(F)(F)F. The van der Waals surface area contributed by atoms with Gasteiger partial charge in [0.05, 0.1) is 13.0 Å². The molecule has 0 N–H and O–H groups in total. The van der Waals surface area contributed by atoms with Crippen LogP contribution in [0.15, 0.2) is 0 Å². The summed E-state index contributed by atoms with van der Waals surface area (Å²) in [5.41, 5.74) is 0. The number of nitrogens with zero attached hydrogens (tertiary/aromatic N) is 1. The molecule has 0 bridgehead atoms. The highest BCUT2D eigenvalue weighted by molar-refractivity contribution is 5.85. The van der Waals surface area contributed by atoms with Gasteiger partial charge >= 0.3 is 12.1 Å². The zero-order valence-corrected chi connectivity index (χ0v) is 10.1. The highest BCUT2D eigenvalue weighted by Crippen LogP contribution is 2.24. The Kier molecular flexibility index (Phi) is 4.98. The van der Waals surface area contributed by atoms with Gasteiger partial charge in [-0.2, -0.15) is 13.2 Å². The Labute approximate surface area is 103 Å². The largest absolute Gasteiger partial charge is 0.464 e. The van der Waals surface area contributed by atoms with Crippen LogP contribution in [0.1, 0.15) is 32.6 Å². The first-order valence-corrected chi connectivity index (χ1v) is 5.88. The van der Waals surface area contributed by atoms with Crippen molar-refractivity contribution in [2.45, 2.75) is 44.8 Å². The van der Waals surface area contributed by atoms with E-state index >= 15 is 0 Å². The number of esters is 1. The van der Waals surface area contributed by atoms with Gasteiger partial charge in [-0.25, -0.2) is 4.79 Å². The number of alkyl halides is 3.